The van der Waals surface area contributed by atoms with Crippen LogP contribution in [0.2, 0.25) is 0 Å². The molecule has 16 heteroatoms. The van der Waals surface area contributed by atoms with Gasteiger partial charge in [-0.3, -0.25) is 13.9 Å². The number of nitrogens with zero attached hydrogens (tertiary/aromatic N) is 5. The van der Waals surface area contributed by atoms with Crippen LogP contribution in [0.4, 0.5) is 43.9 Å². The lowest BCUT2D eigenvalue weighted by molar-refractivity contribution is -0.109. The molecule has 180 valence electrons. The highest BCUT2D eigenvalue weighted by Gasteiger charge is 2.40. The fourth-order valence-corrected chi connectivity index (χ4v) is 2.49. The predicted octanol–water partition coefficient (Wildman–Crippen LogP) is 5.23. The summed E-state index contributed by atoms with van der Waals surface area (Å²) in [5.41, 5.74) is -3.35. The Morgan fingerprint density at radius 2 is 1.26 bits per heavy atom. The monoisotopic (exact) mass is 499 g/mol. The van der Waals surface area contributed by atoms with E-state index >= 15 is 0 Å². The van der Waals surface area contributed by atoms with Gasteiger partial charge in [0.2, 0.25) is 11.9 Å². The van der Waals surface area contributed by atoms with Gasteiger partial charge in [0.1, 0.15) is 12.7 Å². The molecule has 2 heterocycles. The van der Waals surface area contributed by atoms with E-state index in [-0.39, 0.29) is 27.4 Å². The van der Waals surface area contributed by atoms with Crippen molar-refractivity contribution in [2.45, 2.75) is 12.4 Å². The minimum Gasteiger partial charge on any atom is -0.267 e. The van der Waals surface area contributed by atoms with Crippen molar-refractivity contribution < 1.29 is 48.7 Å². The zero-order chi connectivity index (χ0) is 25.4. The van der Waals surface area contributed by atoms with Gasteiger partial charge in [0.15, 0.2) is 16.7 Å². The van der Waals surface area contributed by atoms with Crippen molar-refractivity contribution in [1.29, 1.82) is 0 Å². The summed E-state index contributed by atoms with van der Waals surface area (Å²) >= 11 is 0. The predicted molar refractivity (Wildman–Crippen MR) is 94.8 cm³/mol. The smallest absolute Gasteiger partial charge is 0.267 e. The maximum absolute atomic E-state index is 14.3. The summed E-state index contributed by atoms with van der Waals surface area (Å²) in [6, 6.07) is 6.58. The number of amides is 1. The minimum absolute atomic E-state index is 0.0665. The van der Waals surface area contributed by atoms with E-state index in [1.807, 2.05) is 0 Å². The Bertz CT molecular complexity index is 1380. The van der Waals surface area contributed by atoms with Gasteiger partial charge in [0.05, 0.1) is 0 Å². The second kappa shape index (κ2) is 8.75. The van der Waals surface area contributed by atoms with E-state index in [9.17, 15) is 48.7 Å². The number of allylic oxidation sites excluding steroid dienone is 2. The Kier molecular flexibility index (Phi) is 6.35. The zero-order valence-electron chi connectivity index (χ0n) is 16.0. The number of carbonyl (C=O) groups is 1. The van der Waals surface area contributed by atoms with Crippen LogP contribution in [0, 0.1) is 0 Å². The van der Waals surface area contributed by atoms with E-state index in [2.05, 4.69) is 15.0 Å². The molecular formula is C18H7F10N5O. The molecule has 3 rings (SSSR count). The number of carbonyl (C=O) groups excluding carboxylic acids is 1. The maximum Gasteiger partial charge on any atom is 0.447 e. The summed E-state index contributed by atoms with van der Waals surface area (Å²) in [5, 5.41) is 0. The number of imidazole rings is 1. The Labute approximate surface area is 180 Å². The molecule has 0 fully saturated rings. The topological polar surface area (TPSA) is 65.1 Å². The van der Waals surface area contributed by atoms with Crippen molar-refractivity contribution in [3.8, 4) is 0 Å². The highest BCUT2D eigenvalue weighted by molar-refractivity contribution is 5.95. The Morgan fingerprint density at radius 3 is 1.79 bits per heavy atom. The summed E-state index contributed by atoms with van der Waals surface area (Å²) < 4.78 is 130. The number of halogens is 10. The maximum atomic E-state index is 14.3. The molecule has 0 unspecified atom stereocenters. The van der Waals surface area contributed by atoms with Gasteiger partial charge in [-0.05, 0) is 12.1 Å². The van der Waals surface area contributed by atoms with Crippen LogP contribution in [0.3, 0.4) is 0 Å². The number of aromatic nitrogens is 4. The van der Waals surface area contributed by atoms with Gasteiger partial charge in [0, 0.05) is 5.56 Å². The normalized spacial score (nSPS) is 14.8. The molecule has 2 aromatic heterocycles. The largest absolute Gasteiger partial charge is 0.447 e. The highest BCUT2D eigenvalue weighted by Crippen LogP contribution is 2.33. The number of rotatable bonds is 3. The van der Waals surface area contributed by atoms with E-state index < -0.39 is 58.5 Å². The van der Waals surface area contributed by atoms with Crippen LogP contribution in [0.15, 0.2) is 59.6 Å². The Balaban J connectivity index is 2.38. The lowest BCUT2D eigenvalue weighted by Gasteiger charge is -2.09. The standard InChI is InChI=1S/C18H7F10N5O/c19-10(17(23,24)25)12(21)32-6-29-9-14(32)30-7-33(13(22)11(20)18(26,27)28)15(9)31-16(34)8-4-2-1-3-5-8/h1-7H/b12-10-,13-11-,31-15?. The molecule has 0 saturated carbocycles. The van der Waals surface area contributed by atoms with Crippen LogP contribution in [-0.4, -0.2) is 37.4 Å². The van der Waals surface area contributed by atoms with Crippen molar-refractivity contribution in [1.82, 2.24) is 19.1 Å². The molecule has 0 radical (unpaired) electrons. The van der Waals surface area contributed by atoms with Gasteiger partial charge < -0.3 is 0 Å². The van der Waals surface area contributed by atoms with Crippen LogP contribution >= 0.6 is 0 Å². The average molecular weight is 499 g/mol. The third kappa shape index (κ3) is 4.69. The molecule has 0 N–H and O–H groups in total. The van der Waals surface area contributed by atoms with Gasteiger partial charge in [-0.1, -0.05) is 18.2 Å². The van der Waals surface area contributed by atoms with Gasteiger partial charge >= 0.3 is 12.4 Å². The van der Waals surface area contributed by atoms with Crippen molar-refractivity contribution >= 4 is 29.0 Å². The summed E-state index contributed by atoms with van der Waals surface area (Å²) in [6.45, 7) is 0. The number of hydrogen-bond donors (Lipinski definition) is 0. The molecule has 0 atom stereocenters. The summed E-state index contributed by atoms with van der Waals surface area (Å²) in [6.07, 6.45) is -11.3. The fourth-order valence-electron chi connectivity index (χ4n) is 2.49. The van der Waals surface area contributed by atoms with Crippen LogP contribution in [-0.2, 0) is 0 Å². The Hall–Kier alpha value is -3.98. The highest BCUT2D eigenvalue weighted by atomic mass is 19.4. The van der Waals surface area contributed by atoms with E-state index in [1.54, 1.807) is 0 Å². The lowest BCUT2D eigenvalue weighted by Crippen LogP contribution is -2.25. The molecule has 1 amide bonds. The summed E-state index contributed by atoms with van der Waals surface area (Å²) in [5.74, 6) is -12.9. The molecule has 0 aliphatic rings. The SMILES string of the molecule is O=C(N=c1c2ncn(/C(F)=C(\F)C(F)(F)F)c2ncn1/C(F)=C(\F)C(F)(F)F)c1ccccc1. The lowest BCUT2D eigenvalue weighted by atomic mass is 10.2. The van der Waals surface area contributed by atoms with Crippen molar-refractivity contribution in [3.63, 3.8) is 0 Å². The molecule has 1 aromatic carbocycles. The first-order valence-corrected chi connectivity index (χ1v) is 8.58. The third-order valence-corrected chi connectivity index (χ3v) is 3.99. The number of fused-ring (bicyclic) bond motifs is 1. The fraction of sp³-hybridized carbons (Fsp3) is 0.111. The Morgan fingerprint density at radius 1 is 0.765 bits per heavy atom. The van der Waals surface area contributed by atoms with Gasteiger partial charge in [-0.2, -0.15) is 48.9 Å². The van der Waals surface area contributed by atoms with Crippen molar-refractivity contribution in [2.75, 3.05) is 0 Å². The van der Waals surface area contributed by atoms with Crippen molar-refractivity contribution in [3.05, 3.63) is 65.7 Å². The van der Waals surface area contributed by atoms with E-state index in [0.29, 0.717) is 0 Å². The first-order valence-electron chi connectivity index (χ1n) is 8.58. The van der Waals surface area contributed by atoms with Crippen molar-refractivity contribution in [2.24, 2.45) is 4.99 Å². The quantitative estimate of drug-likeness (QED) is 0.464. The second-order valence-corrected chi connectivity index (χ2v) is 6.21. The second-order valence-electron chi connectivity index (χ2n) is 6.21. The van der Waals surface area contributed by atoms with E-state index in [1.165, 1.54) is 30.3 Å². The van der Waals surface area contributed by atoms with Gasteiger partial charge in [0.25, 0.3) is 17.6 Å². The number of hydrogen-bond acceptors (Lipinski definition) is 3. The molecule has 0 saturated heterocycles. The van der Waals surface area contributed by atoms with E-state index in [0.717, 1.165) is 0 Å². The number of benzene rings is 1. The first kappa shape index (κ1) is 24.7. The van der Waals surface area contributed by atoms with Crippen LogP contribution in [0.5, 0.6) is 0 Å². The van der Waals surface area contributed by atoms with Crippen LogP contribution in [0.25, 0.3) is 23.1 Å². The third-order valence-electron chi connectivity index (χ3n) is 3.99. The molecule has 34 heavy (non-hydrogen) atoms. The molecule has 0 aliphatic carbocycles. The number of alkyl halides is 6. The first-order chi connectivity index (χ1) is 15.7. The molecule has 0 aliphatic heterocycles. The minimum atomic E-state index is -5.82. The zero-order valence-corrected chi connectivity index (χ0v) is 16.0. The van der Waals surface area contributed by atoms with Gasteiger partial charge in [-0.15, -0.1) is 0 Å². The molecular weight excluding hydrogens is 492 g/mol. The molecule has 6 nitrogen and oxygen atoms in total. The molecule has 0 bridgehead atoms. The van der Waals surface area contributed by atoms with Crippen LogP contribution in [0.1, 0.15) is 10.4 Å². The molecule has 0 spiro atoms. The van der Waals surface area contributed by atoms with Gasteiger partial charge in [-0.25, -0.2) is 9.97 Å². The van der Waals surface area contributed by atoms with Crippen LogP contribution < -0.4 is 5.49 Å². The summed E-state index contributed by atoms with van der Waals surface area (Å²) in [4.78, 5) is 22.3. The molecule has 3 aromatic rings. The average Bonchev–Trinajstić information content (AvgIpc) is 3.21. The summed E-state index contributed by atoms with van der Waals surface area (Å²) in [7, 11) is 0. The van der Waals surface area contributed by atoms with E-state index in [4.69, 9.17) is 0 Å².